The molecule has 0 aliphatic carbocycles. The topological polar surface area (TPSA) is 62.2 Å². The number of phenolic OH excluding ortho intramolecular Hbond substituents is 1. The van der Waals surface area contributed by atoms with Gasteiger partial charge in [0.25, 0.3) is 5.91 Å². The van der Waals surface area contributed by atoms with Crippen molar-refractivity contribution < 1.29 is 9.90 Å². The van der Waals surface area contributed by atoms with Crippen molar-refractivity contribution in [3.05, 3.63) is 93.9 Å². The lowest BCUT2D eigenvalue weighted by Crippen LogP contribution is -2.29. The number of phenols is 1. The molecule has 1 unspecified atom stereocenters. The maximum atomic E-state index is 12.9. The molecule has 0 fully saturated rings. The van der Waals surface area contributed by atoms with Gasteiger partial charge in [-0.15, -0.1) is 11.3 Å². The molecule has 4 aromatic rings. The van der Waals surface area contributed by atoms with Crippen molar-refractivity contribution >= 4 is 28.0 Å². The van der Waals surface area contributed by atoms with Gasteiger partial charge in [0.2, 0.25) is 0 Å². The Kier molecular flexibility index (Phi) is 4.60. The average molecular weight is 374 g/mol. The number of carbonyl (C=O) groups is 1. The van der Waals surface area contributed by atoms with Gasteiger partial charge in [-0.05, 0) is 29.3 Å². The number of fused-ring (bicyclic) bond motifs is 1. The maximum Gasteiger partial charge on any atom is 0.264 e. The molecule has 1 heterocycles. The number of aromatic hydroxyl groups is 1. The number of nitrogens with one attached hydrogen (secondary N) is 1. The average Bonchev–Trinajstić information content (AvgIpc) is 3.13. The molecular weight excluding hydrogens is 356 g/mol. The maximum absolute atomic E-state index is 12.9. The quantitative estimate of drug-likeness (QED) is 0.538. The van der Waals surface area contributed by atoms with Gasteiger partial charge >= 0.3 is 0 Å². The zero-order chi connectivity index (χ0) is 18.8. The lowest BCUT2D eigenvalue weighted by atomic mass is 9.92. The van der Waals surface area contributed by atoms with Gasteiger partial charge in [0.05, 0.1) is 17.2 Å². The molecule has 134 valence electrons. The van der Waals surface area contributed by atoms with Crippen LogP contribution in [0.1, 0.15) is 32.5 Å². The fourth-order valence-electron chi connectivity index (χ4n) is 3.27. The minimum atomic E-state index is -0.480. The third-order valence-corrected chi connectivity index (χ3v) is 5.52. The molecule has 3 aromatic carbocycles. The predicted octanol–water partition coefficient (Wildman–Crippen LogP) is 4.83. The molecule has 27 heavy (non-hydrogen) atoms. The van der Waals surface area contributed by atoms with E-state index in [1.165, 1.54) is 11.3 Å². The zero-order valence-electron chi connectivity index (χ0n) is 14.7. The summed E-state index contributed by atoms with van der Waals surface area (Å²) in [6.45, 7) is 1.82. The highest BCUT2D eigenvalue weighted by atomic mass is 32.1. The fourth-order valence-corrected chi connectivity index (χ4v) is 3.98. The molecule has 1 atom stereocenters. The Morgan fingerprint density at radius 1 is 1.04 bits per heavy atom. The molecule has 0 saturated carbocycles. The molecule has 1 aromatic heterocycles. The normalized spacial score (nSPS) is 12.0. The van der Waals surface area contributed by atoms with Gasteiger partial charge in [0.15, 0.2) is 0 Å². The first kappa shape index (κ1) is 17.2. The minimum Gasteiger partial charge on any atom is -0.508 e. The fraction of sp³-hybridized carbons (Fsp3) is 0.0909. The standard InChI is InChI=1S/C22H18N2O2S/c1-14-21(27-13-23-14)22(26)24-20(16-8-3-2-4-9-16)19-17-10-6-5-7-15(17)11-12-18(19)25/h2-13,20,25H,1H3,(H,24,26). The molecule has 0 spiro atoms. The van der Waals surface area contributed by atoms with Crippen LogP contribution in [-0.2, 0) is 0 Å². The summed E-state index contributed by atoms with van der Waals surface area (Å²) in [7, 11) is 0. The summed E-state index contributed by atoms with van der Waals surface area (Å²) < 4.78 is 0. The summed E-state index contributed by atoms with van der Waals surface area (Å²) in [5, 5.41) is 15.7. The Bertz CT molecular complexity index is 1110. The smallest absolute Gasteiger partial charge is 0.264 e. The van der Waals surface area contributed by atoms with Crippen LogP contribution in [0.4, 0.5) is 0 Å². The number of aryl methyl sites for hydroxylation is 1. The van der Waals surface area contributed by atoms with Crippen LogP contribution in [0, 0.1) is 6.92 Å². The number of carbonyl (C=O) groups excluding carboxylic acids is 1. The zero-order valence-corrected chi connectivity index (χ0v) is 15.5. The minimum absolute atomic E-state index is 0.156. The Morgan fingerprint density at radius 2 is 1.78 bits per heavy atom. The lowest BCUT2D eigenvalue weighted by Gasteiger charge is -2.22. The van der Waals surface area contributed by atoms with Crippen LogP contribution in [-0.4, -0.2) is 16.0 Å². The van der Waals surface area contributed by atoms with Crippen molar-refractivity contribution in [2.75, 3.05) is 0 Å². The van der Waals surface area contributed by atoms with Crippen molar-refractivity contribution in [3.63, 3.8) is 0 Å². The van der Waals surface area contributed by atoms with Crippen molar-refractivity contribution in [1.82, 2.24) is 10.3 Å². The second kappa shape index (κ2) is 7.21. The van der Waals surface area contributed by atoms with Crippen LogP contribution in [0.25, 0.3) is 10.8 Å². The third kappa shape index (κ3) is 3.29. The van der Waals surface area contributed by atoms with Crippen molar-refractivity contribution in [1.29, 1.82) is 0 Å². The van der Waals surface area contributed by atoms with E-state index in [4.69, 9.17) is 0 Å². The van der Waals surface area contributed by atoms with Crippen molar-refractivity contribution in [2.45, 2.75) is 13.0 Å². The molecule has 0 radical (unpaired) electrons. The number of rotatable bonds is 4. The van der Waals surface area contributed by atoms with Crippen molar-refractivity contribution in [2.24, 2.45) is 0 Å². The first-order chi connectivity index (χ1) is 13.1. The van der Waals surface area contributed by atoms with Gasteiger partial charge in [0.1, 0.15) is 10.6 Å². The number of thiazole rings is 1. The molecule has 5 heteroatoms. The highest BCUT2D eigenvalue weighted by Gasteiger charge is 2.24. The van der Waals surface area contributed by atoms with E-state index < -0.39 is 6.04 Å². The van der Waals surface area contributed by atoms with Gasteiger partial charge in [-0.25, -0.2) is 4.98 Å². The summed E-state index contributed by atoms with van der Waals surface area (Å²) in [5.74, 6) is -0.0416. The first-order valence-corrected chi connectivity index (χ1v) is 9.49. The molecular formula is C22H18N2O2S. The Morgan fingerprint density at radius 3 is 2.52 bits per heavy atom. The highest BCUT2D eigenvalue weighted by Crippen LogP contribution is 2.36. The van der Waals surface area contributed by atoms with E-state index in [0.29, 0.717) is 16.1 Å². The van der Waals surface area contributed by atoms with Crippen LogP contribution < -0.4 is 5.32 Å². The van der Waals surface area contributed by atoms with Gasteiger partial charge < -0.3 is 10.4 Å². The van der Waals surface area contributed by atoms with Crippen LogP contribution in [0.15, 0.2) is 72.2 Å². The molecule has 0 aliphatic heterocycles. The summed E-state index contributed by atoms with van der Waals surface area (Å²) in [4.78, 5) is 17.7. The van der Waals surface area contributed by atoms with E-state index in [1.807, 2.05) is 67.6 Å². The number of nitrogens with zero attached hydrogens (tertiary/aromatic N) is 1. The number of amides is 1. The van der Waals surface area contributed by atoms with Crippen LogP contribution in [0.5, 0.6) is 5.75 Å². The number of hydrogen-bond acceptors (Lipinski definition) is 4. The first-order valence-electron chi connectivity index (χ1n) is 8.61. The van der Waals surface area contributed by atoms with Crippen LogP contribution in [0.2, 0.25) is 0 Å². The summed E-state index contributed by atoms with van der Waals surface area (Å²) in [6.07, 6.45) is 0. The van der Waals surface area contributed by atoms with E-state index >= 15 is 0 Å². The van der Waals surface area contributed by atoms with Gasteiger partial charge in [0, 0.05) is 5.56 Å². The van der Waals surface area contributed by atoms with Crippen LogP contribution >= 0.6 is 11.3 Å². The monoisotopic (exact) mass is 374 g/mol. The second-order valence-electron chi connectivity index (χ2n) is 6.30. The number of benzene rings is 3. The Labute approximate surface area is 161 Å². The largest absolute Gasteiger partial charge is 0.508 e. The van der Waals surface area contributed by atoms with E-state index in [1.54, 1.807) is 11.6 Å². The van der Waals surface area contributed by atoms with Gasteiger partial charge in [-0.3, -0.25) is 4.79 Å². The lowest BCUT2D eigenvalue weighted by molar-refractivity contribution is 0.0946. The highest BCUT2D eigenvalue weighted by molar-refractivity contribution is 7.11. The van der Waals surface area contributed by atoms with E-state index in [0.717, 1.165) is 16.3 Å². The second-order valence-corrected chi connectivity index (χ2v) is 7.16. The summed E-state index contributed by atoms with van der Waals surface area (Å²) in [6, 6.07) is 20.6. The van der Waals surface area contributed by atoms with E-state index in [9.17, 15) is 9.90 Å². The van der Waals surface area contributed by atoms with Crippen LogP contribution in [0.3, 0.4) is 0 Å². The SMILES string of the molecule is Cc1ncsc1C(=O)NC(c1ccccc1)c1c(O)ccc2ccccc12. The Balaban J connectivity index is 1.86. The van der Waals surface area contributed by atoms with E-state index in [2.05, 4.69) is 10.3 Å². The molecule has 0 aliphatic rings. The summed E-state index contributed by atoms with van der Waals surface area (Å²) in [5.41, 5.74) is 3.96. The molecule has 0 bridgehead atoms. The van der Waals surface area contributed by atoms with Crippen molar-refractivity contribution in [3.8, 4) is 5.75 Å². The molecule has 4 nitrogen and oxygen atoms in total. The third-order valence-electron chi connectivity index (χ3n) is 4.60. The summed E-state index contributed by atoms with van der Waals surface area (Å²) >= 11 is 1.31. The molecule has 0 saturated heterocycles. The number of aromatic nitrogens is 1. The molecule has 1 amide bonds. The predicted molar refractivity (Wildman–Crippen MR) is 108 cm³/mol. The van der Waals surface area contributed by atoms with Gasteiger partial charge in [-0.1, -0.05) is 60.7 Å². The molecule has 2 N–H and O–H groups in total. The number of hydrogen-bond donors (Lipinski definition) is 2. The molecule has 4 rings (SSSR count). The van der Waals surface area contributed by atoms with E-state index in [-0.39, 0.29) is 11.7 Å². The Hall–Kier alpha value is -3.18. The van der Waals surface area contributed by atoms with Gasteiger partial charge in [-0.2, -0.15) is 0 Å².